The smallest absolute Gasteiger partial charge is 0.272 e. The summed E-state index contributed by atoms with van der Waals surface area (Å²) >= 11 is 0. The lowest BCUT2D eigenvalue weighted by atomic mass is 10.1. The van der Waals surface area contributed by atoms with Gasteiger partial charge in [-0.15, -0.1) is 5.10 Å². The zero-order chi connectivity index (χ0) is 23.1. The minimum Gasteiger partial charge on any atom is -0.438 e. The molecule has 3 heterocycles. The summed E-state index contributed by atoms with van der Waals surface area (Å²) in [5.74, 6) is 1.30. The Balaban J connectivity index is 1.31. The summed E-state index contributed by atoms with van der Waals surface area (Å²) in [6.45, 7) is 4.62. The van der Waals surface area contributed by atoms with Crippen LogP contribution in [0.2, 0.25) is 0 Å². The van der Waals surface area contributed by atoms with Crippen molar-refractivity contribution in [2.45, 2.75) is 26.7 Å². The average molecular weight is 447 g/mol. The minimum absolute atomic E-state index is 0.00582. The number of anilines is 2. The Morgan fingerprint density at radius 2 is 1.97 bits per heavy atom. The Bertz CT molecular complexity index is 1280. The SMILES string of the molecule is Cc1ccc(Oc2ccc3nc(NC(=O)C4CC4)cn3n2)cc1NC(=O)C1=NN(C)CC1C. The number of fused-ring (bicyclic) bond motifs is 1. The third-order valence-electron chi connectivity index (χ3n) is 5.69. The lowest BCUT2D eigenvalue weighted by Crippen LogP contribution is -2.27. The average Bonchev–Trinajstić information content (AvgIpc) is 3.46. The van der Waals surface area contributed by atoms with Crippen LogP contribution in [0, 0.1) is 18.8 Å². The zero-order valence-electron chi connectivity index (χ0n) is 18.7. The van der Waals surface area contributed by atoms with Gasteiger partial charge in [-0.05, 0) is 37.5 Å². The number of carbonyl (C=O) groups excluding carboxylic acids is 2. The summed E-state index contributed by atoms with van der Waals surface area (Å²) in [4.78, 5) is 29.0. The summed E-state index contributed by atoms with van der Waals surface area (Å²) in [5, 5.41) is 16.3. The summed E-state index contributed by atoms with van der Waals surface area (Å²) < 4.78 is 7.49. The first kappa shape index (κ1) is 20.9. The van der Waals surface area contributed by atoms with Crippen molar-refractivity contribution < 1.29 is 14.3 Å². The highest BCUT2D eigenvalue weighted by Crippen LogP contribution is 2.30. The molecule has 1 aliphatic carbocycles. The summed E-state index contributed by atoms with van der Waals surface area (Å²) in [7, 11) is 1.85. The Morgan fingerprint density at radius 1 is 1.15 bits per heavy atom. The maximum absolute atomic E-state index is 12.7. The van der Waals surface area contributed by atoms with Gasteiger partial charge in [0.05, 0.1) is 6.20 Å². The molecule has 0 bridgehead atoms. The number of hydrazone groups is 1. The van der Waals surface area contributed by atoms with E-state index in [2.05, 4.69) is 25.8 Å². The van der Waals surface area contributed by atoms with Gasteiger partial charge in [0.15, 0.2) is 11.5 Å². The molecular weight excluding hydrogens is 422 g/mol. The van der Waals surface area contributed by atoms with Crippen LogP contribution in [0.15, 0.2) is 41.6 Å². The van der Waals surface area contributed by atoms with Crippen LogP contribution in [-0.4, -0.2) is 50.7 Å². The summed E-state index contributed by atoms with van der Waals surface area (Å²) in [6, 6.07) is 8.92. The molecule has 2 amide bonds. The van der Waals surface area contributed by atoms with Crippen molar-refractivity contribution in [1.82, 2.24) is 19.6 Å². The molecule has 2 aromatic heterocycles. The van der Waals surface area contributed by atoms with E-state index < -0.39 is 0 Å². The fraction of sp³-hybridized carbons (Fsp3) is 0.348. The lowest BCUT2D eigenvalue weighted by molar-refractivity contribution is -0.117. The third-order valence-corrected chi connectivity index (χ3v) is 5.69. The molecule has 1 saturated carbocycles. The van der Waals surface area contributed by atoms with Gasteiger partial charge in [-0.3, -0.25) is 14.6 Å². The molecule has 1 unspecified atom stereocenters. The molecule has 170 valence electrons. The van der Waals surface area contributed by atoms with Gasteiger partial charge in [-0.2, -0.15) is 5.10 Å². The number of ether oxygens (including phenoxy) is 1. The lowest BCUT2D eigenvalue weighted by Gasteiger charge is -2.12. The highest BCUT2D eigenvalue weighted by atomic mass is 16.5. The van der Waals surface area contributed by atoms with Gasteiger partial charge >= 0.3 is 0 Å². The first-order chi connectivity index (χ1) is 15.9. The van der Waals surface area contributed by atoms with Crippen molar-refractivity contribution in [3.63, 3.8) is 0 Å². The predicted molar refractivity (Wildman–Crippen MR) is 123 cm³/mol. The molecule has 0 spiro atoms. The number of amides is 2. The van der Waals surface area contributed by atoms with E-state index >= 15 is 0 Å². The van der Waals surface area contributed by atoms with Crippen LogP contribution in [0.1, 0.15) is 25.3 Å². The topological polar surface area (TPSA) is 113 Å². The molecule has 10 nitrogen and oxygen atoms in total. The molecule has 1 aliphatic heterocycles. The van der Waals surface area contributed by atoms with Crippen molar-refractivity contribution in [3.05, 3.63) is 42.1 Å². The van der Waals surface area contributed by atoms with E-state index in [4.69, 9.17) is 4.74 Å². The van der Waals surface area contributed by atoms with E-state index in [-0.39, 0.29) is 23.7 Å². The number of aromatic nitrogens is 3. The second-order valence-electron chi connectivity index (χ2n) is 8.62. The number of aryl methyl sites for hydroxylation is 1. The van der Waals surface area contributed by atoms with Crippen LogP contribution in [0.3, 0.4) is 0 Å². The predicted octanol–water partition coefficient (Wildman–Crippen LogP) is 3.05. The summed E-state index contributed by atoms with van der Waals surface area (Å²) in [5.41, 5.74) is 2.67. The Hall–Kier alpha value is -3.95. The Labute approximate surface area is 190 Å². The molecule has 10 heteroatoms. The number of benzene rings is 1. The van der Waals surface area contributed by atoms with Crippen molar-refractivity contribution in [2.24, 2.45) is 16.9 Å². The van der Waals surface area contributed by atoms with Crippen LogP contribution >= 0.6 is 0 Å². The van der Waals surface area contributed by atoms with Crippen LogP contribution in [0.25, 0.3) is 5.65 Å². The van der Waals surface area contributed by atoms with Gasteiger partial charge in [0, 0.05) is 43.2 Å². The minimum atomic E-state index is -0.217. The molecular formula is C23H25N7O3. The maximum atomic E-state index is 12.7. The van der Waals surface area contributed by atoms with Gasteiger partial charge in [0.25, 0.3) is 5.91 Å². The third kappa shape index (κ3) is 4.50. The molecule has 5 rings (SSSR count). The van der Waals surface area contributed by atoms with Gasteiger partial charge < -0.3 is 15.4 Å². The fourth-order valence-corrected chi connectivity index (χ4v) is 3.73. The molecule has 2 aliphatic rings. The van der Waals surface area contributed by atoms with E-state index in [0.29, 0.717) is 34.5 Å². The summed E-state index contributed by atoms with van der Waals surface area (Å²) in [6.07, 6.45) is 3.51. The number of hydrogen-bond donors (Lipinski definition) is 2. The molecule has 33 heavy (non-hydrogen) atoms. The van der Waals surface area contributed by atoms with Crippen molar-refractivity contribution in [3.8, 4) is 11.6 Å². The van der Waals surface area contributed by atoms with E-state index in [9.17, 15) is 9.59 Å². The largest absolute Gasteiger partial charge is 0.438 e. The van der Waals surface area contributed by atoms with E-state index in [1.165, 1.54) is 0 Å². The number of hydrogen-bond acceptors (Lipinski definition) is 7. The Kier molecular flexibility index (Phi) is 5.20. The van der Waals surface area contributed by atoms with Crippen LogP contribution in [0.4, 0.5) is 11.5 Å². The second kappa shape index (κ2) is 8.19. The van der Waals surface area contributed by atoms with E-state index in [1.54, 1.807) is 33.9 Å². The molecule has 2 N–H and O–H groups in total. The van der Waals surface area contributed by atoms with Crippen molar-refractivity contribution >= 4 is 34.7 Å². The molecule has 1 fully saturated rings. The fourth-order valence-electron chi connectivity index (χ4n) is 3.73. The van der Waals surface area contributed by atoms with E-state index in [0.717, 1.165) is 24.9 Å². The highest BCUT2D eigenvalue weighted by Gasteiger charge is 2.30. The second-order valence-corrected chi connectivity index (χ2v) is 8.62. The number of imidazole rings is 1. The molecule has 0 saturated heterocycles. The zero-order valence-corrected chi connectivity index (χ0v) is 18.7. The maximum Gasteiger partial charge on any atom is 0.272 e. The molecule has 3 aromatic rings. The van der Waals surface area contributed by atoms with Crippen LogP contribution < -0.4 is 15.4 Å². The number of rotatable bonds is 6. The standard InChI is InChI=1S/C23H25N7O3/c1-13-4-7-16(10-17(13)24-23(32)21-14(2)11-29(3)28-21)33-20-9-8-19-25-18(12-30(19)27-20)26-22(31)15-5-6-15/h4,7-10,12,14-15H,5-6,11H2,1-3H3,(H,24,32)(H,26,31). The Morgan fingerprint density at radius 3 is 2.70 bits per heavy atom. The first-order valence-electron chi connectivity index (χ1n) is 10.9. The number of carbonyl (C=O) groups is 2. The number of nitrogens with zero attached hydrogens (tertiary/aromatic N) is 5. The van der Waals surface area contributed by atoms with Crippen molar-refractivity contribution in [2.75, 3.05) is 24.2 Å². The van der Waals surface area contributed by atoms with Gasteiger partial charge in [0.2, 0.25) is 11.8 Å². The number of nitrogens with one attached hydrogen (secondary N) is 2. The van der Waals surface area contributed by atoms with Gasteiger partial charge in [0.1, 0.15) is 11.5 Å². The van der Waals surface area contributed by atoms with E-state index in [1.807, 2.05) is 33.0 Å². The van der Waals surface area contributed by atoms with Gasteiger partial charge in [-0.25, -0.2) is 9.50 Å². The first-order valence-corrected chi connectivity index (χ1v) is 10.9. The van der Waals surface area contributed by atoms with Crippen LogP contribution in [0.5, 0.6) is 11.6 Å². The molecule has 1 aromatic carbocycles. The highest BCUT2D eigenvalue weighted by molar-refractivity contribution is 6.44. The van der Waals surface area contributed by atoms with Crippen molar-refractivity contribution in [1.29, 1.82) is 0 Å². The normalized spacial score (nSPS) is 17.7. The quantitative estimate of drug-likeness (QED) is 0.601. The molecule has 0 radical (unpaired) electrons. The van der Waals surface area contributed by atoms with Crippen LogP contribution in [-0.2, 0) is 9.59 Å². The molecule has 1 atom stereocenters. The van der Waals surface area contributed by atoms with Gasteiger partial charge in [-0.1, -0.05) is 13.0 Å². The monoisotopic (exact) mass is 447 g/mol.